The summed E-state index contributed by atoms with van der Waals surface area (Å²) in [6.45, 7) is -0.0599. The smallest absolute Gasteiger partial charge is 0.246 e. The number of hydrogen-bond donors (Lipinski definition) is 2. The molecule has 0 unspecified atom stereocenters. The van der Waals surface area contributed by atoms with Crippen LogP contribution in [0.5, 0.6) is 0 Å². The van der Waals surface area contributed by atoms with Gasteiger partial charge in [0, 0.05) is 7.11 Å². The number of nitrogens with one attached hydrogen (secondary N) is 1. The molecule has 1 amide bonds. The minimum Gasteiger partial charge on any atom is -0.394 e. The van der Waals surface area contributed by atoms with Gasteiger partial charge in [-0.2, -0.15) is 0 Å². The van der Waals surface area contributed by atoms with E-state index in [0.717, 1.165) is 5.56 Å². The van der Waals surface area contributed by atoms with E-state index >= 15 is 0 Å². The van der Waals surface area contributed by atoms with Crippen LogP contribution in [-0.4, -0.2) is 37.4 Å². The number of rotatable bonds is 6. The van der Waals surface area contributed by atoms with Crippen LogP contribution in [0, 0.1) is 0 Å². The Morgan fingerprint density at radius 3 is 2.69 bits per heavy atom. The number of ether oxygens (including phenoxy) is 1. The van der Waals surface area contributed by atoms with Crippen LogP contribution in [0.15, 0.2) is 30.3 Å². The first-order valence-corrected chi connectivity index (χ1v) is 5.19. The van der Waals surface area contributed by atoms with Gasteiger partial charge in [-0.15, -0.1) is 0 Å². The van der Waals surface area contributed by atoms with E-state index in [4.69, 9.17) is 9.84 Å². The summed E-state index contributed by atoms with van der Waals surface area (Å²) in [5.41, 5.74) is 1.08. The quantitative estimate of drug-likeness (QED) is 0.731. The average Bonchev–Trinajstić information content (AvgIpc) is 2.30. The lowest BCUT2D eigenvalue weighted by molar-refractivity contribution is -0.125. The topological polar surface area (TPSA) is 58.6 Å². The first kappa shape index (κ1) is 12.7. The van der Waals surface area contributed by atoms with Crippen LogP contribution in [-0.2, 0) is 16.0 Å². The summed E-state index contributed by atoms with van der Waals surface area (Å²) in [4.78, 5) is 11.3. The molecular weight excluding hydrogens is 206 g/mol. The number of methoxy groups -OCH3 is 1. The molecule has 0 radical (unpaired) electrons. The fourth-order valence-corrected chi connectivity index (χ4v) is 1.46. The van der Waals surface area contributed by atoms with Crippen molar-refractivity contribution in [2.75, 3.05) is 20.3 Å². The molecule has 0 aromatic heterocycles. The van der Waals surface area contributed by atoms with E-state index < -0.39 is 0 Å². The van der Waals surface area contributed by atoms with E-state index in [-0.39, 0.29) is 25.2 Å². The van der Waals surface area contributed by atoms with Crippen molar-refractivity contribution < 1.29 is 14.6 Å². The highest BCUT2D eigenvalue weighted by molar-refractivity contribution is 5.77. The van der Waals surface area contributed by atoms with Crippen molar-refractivity contribution in [2.24, 2.45) is 0 Å². The highest BCUT2D eigenvalue weighted by Crippen LogP contribution is 2.02. The Balaban J connectivity index is 2.46. The van der Waals surface area contributed by atoms with Crippen molar-refractivity contribution in [3.8, 4) is 0 Å². The van der Waals surface area contributed by atoms with E-state index in [1.165, 1.54) is 7.11 Å². The van der Waals surface area contributed by atoms with Gasteiger partial charge >= 0.3 is 0 Å². The maximum atomic E-state index is 11.3. The minimum absolute atomic E-state index is 0.0191. The molecule has 0 spiro atoms. The van der Waals surface area contributed by atoms with Crippen molar-refractivity contribution in [3.63, 3.8) is 0 Å². The number of hydrogen-bond acceptors (Lipinski definition) is 3. The highest BCUT2D eigenvalue weighted by Gasteiger charge is 2.11. The van der Waals surface area contributed by atoms with E-state index in [2.05, 4.69) is 5.32 Å². The molecule has 1 aromatic carbocycles. The maximum absolute atomic E-state index is 11.3. The zero-order chi connectivity index (χ0) is 11.8. The fourth-order valence-electron chi connectivity index (χ4n) is 1.46. The zero-order valence-electron chi connectivity index (χ0n) is 9.35. The second-order valence-corrected chi connectivity index (χ2v) is 3.57. The Hall–Kier alpha value is -1.39. The van der Waals surface area contributed by atoms with Gasteiger partial charge in [-0.3, -0.25) is 4.79 Å². The van der Waals surface area contributed by atoms with Crippen LogP contribution < -0.4 is 5.32 Å². The predicted octanol–water partition coefficient (Wildman–Crippen LogP) is 0.353. The lowest BCUT2D eigenvalue weighted by Gasteiger charge is -2.16. The van der Waals surface area contributed by atoms with Gasteiger partial charge in [0.05, 0.1) is 12.6 Å². The Morgan fingerprint density at radius 2 is 2.12 bits per heavy atom. The number of benzene rings is 1. The molecule has 0 saturated carbocycles. The van der Waals surface area contributed by atoms with Gasteiger partial charge in [0.15, 0.2) is 0 Å². The van der Waals surface area contributed by atoms with Crippen molar-refractivity contribution in [1.82, 2.24) is 5.32 Å². The molecule has 0 aliphatic heterocycles. The van der Waals surface area contributed by atoms with Crippen LogP contribution in [0.4, 0.5) is 0 Å². The molecule has 1 aromatic rings. The van der Waals surface area contributed by atoms with Crippen molar-refractivity contribution in [2.45, 2.75) is 12.5 Å². The average molecular weight is 223 g/mol. The number of carbonyl (C=O) groups is 1. The Labute approximate surface area is 95.2 Å². The summed E-state index contributed by atoms with van der Waals surface area (Å²) >= 11 is 0. The monoisotopic (exact) mass is 223 g/mol. The van der Waals surface area contributed by atoms with E-state index in [9.17, 15) is 4.79 Å². The van der Waals surface area contributed by atoms with Gasteiger partial charge in [-0.1, -0.05) is 30.3 Å². The zero-order valence-corrected chi connectivity index (χ0v) is 9.35. The molecule has 4 heteroatoms. The summed E-state index contributed by atoms with van der Waals surface area (Å²) in [5.74, 6) is -0.211. The van der Waals surface area contributed by atoms with Crippen LogP contribution in [0.1, 0.15) is 5.56 Å². The van der Waals surface area contributed by atoms with Gasteiger partial charge in [0.1, 0.15) is 6.61 Å². The van der Waals surface area contributed by atoms with Crippen molar-refractivity contribution in [1.29, 1.82) is 0 Å². The lowest BCUT2D eigenvalue weighted by Crippen LogP contribution is -2.40. The molecule has 16 heavy (non-hydrogen) atoms. The molecule has 0 bridgehead atoms. The van der Waals surface area contributed by atoms with E-state index in [1.807, 2.05) is 30.3 Å². The third-order valence-electron chi connectivity index (χ3n) is 2.19. The fraction of sp³-hybridized carbons (Fsp3) is 0.417. The standard InChI is InChI=1S/C12H17NO3/c1-16-9-12(15)13-11(8-14)7-10-5-3-2-4-6-10/h2-6,11,14H,7-9H2,1H3,(H,13,15)/t11-/m0/s1. The second-order valence-electron chi connectivity index (χ2n) is 3.57. The summed E-state index contributed by atoms with van der Waals surface area (Å²) in [6.07, 6.45) is 0.618. The van der Waals surface area contributed by atoms with Crippen LogP contribution >= 0.6 is 0 Å². The molecule has 1 rings (SSSR count). The summed E-state index contributed by atoms with van der Waals surface area (Å²) in [7, 11) is 1.46. The predicted molar refractivity (Wildman–Crippen MR) is 61.0 cm³/mol. The van der Waals surface area contributed by atoms with Crippen molar-refractivity contribution >= 4 is 5.91 Å². The van der Waals surface area contributed by atoms with Crippen LogP contribution in [0.2, 0.25) is 0 Å². The third kappa shape index (κ3) is 4.42. The molecular formula is C12H17NO3. The van der Waals surface area contributed by atoms with Gasteiger partial charge in [-0.05, 0) is 12.0 Å². The van der Waals surface area contributed by atoms with Gasteiger partial charge in [0.25, 0.3) is 0 Å². The number of amides is 1. The lowest BCUT2D eigenvalue weighted by atomic mass is 10.1. The largest absolute Gasteiger partial charge is 0.394 e. The third-order valence-corrected chi connectivity index (χ3v) is 2.19. The van der Waals surface area contributed by atoms with Gasteiger partial charge in [0.2, 0.25) is 5.91 Å². The van der Waals surface area contributed by atoms with Crippen LogP contribution in [0.25, 0.3) is 0 Å². The molecule has 4 nitrogen and oxygen atoms in total. The summed E-state index contributed by atoms with van der Waals surface area (Å²) < 4.78 is 4.71. The SMILES string of the molecule is COCC(=O)N[C@H](CO)Cc1ccccc1. The Kier molecular flexibility index (Phi) is 5.53. The van der Waals surface area contributed by atoms with E-state index in [1.54, 1.807) is 0 Å². The molecule has 0 aliphatic rings. The molecule has 0 fully saturated rings. The number of carbonyl (C=O) groups excluding carboxylic acids is 1. The number of aliphatic hydroxyl groups excluding tert-OH is 1. The molecule has 0 saturated heterocycles. The second kappa shape index (κ2) is 6.98. The van der Waals surface area contributed by atoms with E-state index in [0.29, 0.717) is 6.42 Å². The Morgan fingerprint density at radius 1 is 1.44 bits per heavy atom. The Bertz CT molecular complexity index is 313. The summed E-state index contributed by atoms with van der Waals surface area (Å²) in [5, 5.41) is 11.9. The molecule has 1 atom stereocenters. The summed E-state index contributed by atoms with van der Waals surface area (Å²) in [6, 6.07) is 9.46. The number of aliphatic hydroxyl groups is 1. The highest BCUT2D eigenvalue weighted by atomic mass is 16.5. The molecule has 0 aliphatic carbocycles. The molecule has 2 N–H and O–H groups in total. The van der Waals surface area contributed by atoms with Gasteiger partial charge < -0.3 is 15.2 Å². The van der Waals surface area contributed by atoms with Gasteiger partial charge in [-0.25, -0.2) is 0 Å². The maximum Gasteiger partial charge on any atom is 0.246 e. The van der Waals surface area contributed by atoms with Crippen LogP contribution in [0.3, 0.4) is 0 Å². The molecule has 88 valence electrons. The van der Waals surface area contributed by atoms with Crippen molar-refractivity contribution in [3.05, 3.63) is 35.9 Å². The normalized spacial score (nSPS) is 12.1. The minimum atomic E-state index is -0.259. The molecule has 0 heterocycles. The first-order chi connectivity index (χ1) is 7.76. The first-order valence-electron chi connectivity index (χ1n) is 5.19.